The molecule has 28 heavy (non-hydrogen) atoms. The Balaban J connectivity index is 1.50. The first-order valence-corrected chi connectivity index (χ1v) is 10.6. The number of rotatable bonds is 7. The van der Waals surface area contributed by atoms with E-state index in [9.17, 15) is 14.7 Å². The highest BCUT2D eigenvalue weighted by Crippen LogP contribution is 2.60. The minimum atomic E-state index is -1.15. The van der Waals surface area contributed by atoms with Gasteiger partial charge in [0.15, 0.2) is 0 Å². The van der Waals surface area contributed by atoms with Crippen LogP contribution in [0.3, 0.4) is 0 Å². The van der Waals surface area contributed by atoms with E-state index < -0.39 is 12.0 Å². The first-order valence-electron chi connectivity index (χ1n) is 10.6. The maximum Gasteiger partial charge on any atom is 0.226 e. The van der Waals surface area contributed by atoms with Crippen LogP contribution in [0.2, 0.25) is 0 Å². The van der Waals surface area contributed by atoms with Crippen LogP contribution in [0, 0.1) is 23.2 Å². The van der Waals surface area contributed by atoms with E-state index in [-0.39, 0.29) is 23.8 Å². The number of carboxylic acid groups (broad SMARTS) is 1. The molecule has 0 aromatic heterocycles. The van der Waals surface area contributed by atoms with Crippen LogP contribution in [-0.4, -0.2) is 18.0 Å². The Morgan fingerprint density at radius 3 is 2.07 bits per heavy atom. The molecule has 0 spiro atoms. The van der Waals surface area contributed by atoms with Crippen LogP contribution in [-0.2, 0) is 9.59 Å². The van der Waals surface area contributed by atoms with E-state index in [1.54, 1.807) is 0 Å². The van der Waals surface area contributed by atoms with Gasteiger partial charge in [-0.1, -0.05) is 12.1 Å². The molecule has 1 N–H and O–H groups in total. The molecule has 4 aliphatic carbocycles. The van der Waals surface area contributed by atoms with Gasteiger partial charge in [-0.25, -0.2) is 0 Å². The molecule has 1 aromatic rings. The highest BCUT2D eigenvalue weighted by molar-refractivity contribution is 5.84. The molecule has 0 heterocycles. The summed E-state index contributed by atoms with van der Waals surface area (Å²) in [5.74, 6) is 1.63. The molecule has 1 aromatic carbocycles. The molecular formula is C23H30NO4-. The Morgan fingerprint density at radius 1 is 1.07 bits per heavy atom. The van der Waals surface area contributed by atoms with E-state index in [4.69, 9.17) is 4.74 Å². The second-order valence-corrected chi connectivity index (χ2v) is 9.54. The molecule has 5 nitrogen and oxygen atoms in total. The zero-order valence-corrected chi connectivity index (χ0v) is 16.8. The Bertz CT molecular complexity index is 704. The largest absolute Gasteiger partial charge is 0.550 e. The van der Waals surface area contributed by atoms with Gasteiger partial charge in [0.1, 0.15) is 5.75 Å². The van der Waals surface area contributed by atoms with Gasteiger partial charge in [0.05, 0.1) is 12.1 Å². The average molecular weight is 384 g/mol. The molecule has 0 aliphatic heterocycles. The Kier molecular flexibility index (Phi) is 5.11. The van der Waals surface area contributed by atoms with Gasteiger partial charge in [-0.2, -0.15) is 0 Å². The number of aliphatic carboxylic acids is 1. The van der Waals surface area contributed by atoms with Gasteiger partial charge in [0.25, 0.3) is 0 Å². The van der Waals surface area contributed by atoms with Crippen molar-refractivity contribution in [1.82, 2.24) is 5.32 Å². The third-order valence-electron chi connectivity index (χ3n) is 6.85. The number of carboxylic acids is 1. The summed E-state index contributed by atoms with van der Waals surface area (Å²) >= 11 is 0. The number of amides is 1. The summed E-state index contributed by atoms with van der Waals surface area (Å²) in [5.41, 5.74) is 0.484. The summed E-state index contributed by atoms with van der Waals surface area (Å²) in [6.45, 7) is 3.91. The summed E-state index contributed by atoms with van der Waals surface area (Å²) in [6, 6.07) is 6.76. The smallest absolute Gasteiger partial charge is 0.226 e. The van der Waals surface area contributed by atoms with Gasteiger partial charge in [-0.15, -0.1) is 0 Å². The predicted molar refractivity (Wildman–Crippen MR) is 103 cm³/mol. The Labute approximate surface area is 166 Å². The normalized spacial score (nSPS) is 31.6. The minimum Gasteiger partial charge on any atom is -0.550 e. The van der Waals surface area contributed by atoms with Crippen LogP contribution in [0.1, 0.15) is 70.4 Å². The highest BCUT2D eigenvalue weighted by Gasteiger charge is 2.54. The third kappa shape index (κ3) is 3.89. The van der Waals surface area contributed by atoms with E-state index >= 15 is 0 Å². The van der Waals surface area contributed by atoms with E-state index in [1.807, 2.05) is 38.1 Å². The molecule has 4 aliphatic rings. The van der Waals surface area contributed by atoms with Crippen LogP contribution in [0.4, 0.5) is 0 Å². The fourth-order valence-electron chi connectivity index (χ4n) is 6.17. The maximum absolute atomic E-state index is 13.3. The minimum absolute atomic E-state index is 0.0420. The molecule has 0 unspecified atom stereocenters. The summed E-state index contributed by atoms with van der Waals surface area (Å²) < 4.78 is 5.66. The molecule has 4 bridgehead atoms. The predicted octanol–water partition coefficient (Wildman–Crippen LogP) is 2.99. The zero-order chi connectivity index (χ0) is 19.9. The van der Waals surface area contributed by atoms with Crippen molar-refractivity contribution in [2.24, 2.45) is 23.2 Å². The Hall–Kier alpha value is -2.04. The van der Waals surface area contributed by atoms with E-state index in [0.717, 1.165) is 30.6 Å². The van der Waals surface area contributed by atoms with Crippen molar-refractivity contribution in [3.63, 3.8) is 0 Å². The van der Waals surface area contributed by atoms with Crippen molar-refractivity contribution in [2.45, 2.75) is 70.9 Å². The second-order valence-electron chi connectivity index (χ2n) is 9.54. The lowest BCUT2D eigenvalue weighted by Gasteiger charge is -2.55. The summed E-state index contributed by atoms with van der Waals surface area (Å²) in [6.07, 6.45) is 6.55. The fourth-order valence-corrected chi connectivity index (χ4v) is 6.17. The third-order valence-corrected chi connectivity index (χ3v) is 6.85. The molecule has 152 valence electrons. The second kappa shape index (κ2) is 7.41. The van der Waals surface area contributed by atoms with Crippen molar-refractivity contribution >= 4 is 11.9 Å². The van der Waals surface area contributed by atoms with Gasteiger partial charge < -0.3 is 20.0 Å². The first-order chi connectivity index (χ1) is 13.3. The zero-order valence-electron chi connectivity index (χ0n) is 16.8. The monoisotopic (exact) mass is 384 g/mol. The van der Waals surface area contributed by atoms with Gasteiger partial charge >= 0.3 is 0 Å². The summed E-state index contributed by atoms with van der Waals surface area (Å²) in [4.78, 5) is 24.7. The lowest BCUT2D eigenvalue weighted by molar-refractivity contribution is -0.306. The van der Waals surface area contributed by atoms with E-state index in [1.165, 1.54) is 19.3 Å². The maximum atomic E-state index is 13.3. The number of nitrogens with one attached hydrogen (secondary N) is 1. The molecule has 5 rings (SSSR count). The van der Waals surface area contributed by atoms with Crippen molar-refractivity contribution in [1.29, 1.82) is 0 Å². The lowest BCUT2D eigenvalue weighted by Crippen LogP contribution is -2.54. The number of carbonyl (C=O) groups is 2. The number of ether oxygens (including phenoxy) is 1. The number of hydrogen-bond acceptors (Lipinski definition) is 4. The highest BCUT2D eigenvalue weighted by atomic mass is 16.5. The standard InChI is InChI=1S/C23H31NO4/c1-14(2)28-19-5-3-18(4-6-19)20(10-21(25)26)24-22(27)23-11-15-7-16(12-23)9-17(8-15)13-23/h3-6,14-17,20H,7-13H2,1-2H3,(H,24,27)(H,25,26)/p-1/t15?,16?,17?,20-,23?/m1/s1. The first kappa shape index (κ1) is 19.3. The molecule has 0 radical (unpaired) electrons. The van der Waals surface area contributed by atoms with Gasteiger partial charge in [0.2, 0.25) is 5.91 Å². The molecule has 1 amide bonds. The van der Waals surface area contributed by atoms with E-state index in [2.05, 4.69) is 5.32 Å². The number of hydrogen-bond donors (Lipinski definition) is 1. The SMILES string of the molecule is CC(C)Oc1ccc([C@@H](CC(=O)[O-])NC(=O)C23CC4CC(CC(C4)C2)C3)cc1. The summed E-state index contributed by atoms with van der Waals surface area (Å²) in [7, 11) is 0. The summed E-state index contributed by atoms with van der Waals surface area (Å²) in [5, 5.41) is 14.4. The quantitative estimate of drug-likeness (QED) is 0.784. The topological polar surface area (TPSA) is 78.5 Å². The molecule has 1 atom stereocenters. The van der Waals surface area contributed by atoms with Crippen molar-refractivity contribution in [3.05, 3.63) is 29.8 Å². The van der Waals surface area contributed by atoms with Crippen LogP contribution in [0.15, 0.2) is 24.3 Å². The van der Waals surface area contributed by atoms with E-state index in [0.29, 0.717) is 17.8 Å². The van der Waals surface area contributed by atoms with Gasteiger partial charge in [-0.05, 0) is 87.8 Å². The molecule has 4 saturated carbocycles. The Morgan fingerprint density at radius 2 is 1.61 bits per heavy atom. The van der Waals surface area contributed by atoms with Gasteiger partial charge in [-0.3, -0.25) is 4.79 Å². The number of carbonyl (C=O) groups excluding carboxylic acids is 2. The van der Waals surface area contributed by atoms with Crippen LogP contribution in [0.25, 0.3) is 0 Å². The fraction of sp³-hybridized carbons (Fsp3) is 0.652. The number of benzene rings is 1. The average Bonchev–Trinajstić information content (AvgIpc) is 2.59. The van der Waals surface area contributed by atoms with Crippen molar-refractivity contribution < 1.29 is 19.4 Å². The van der Waals surface area contributed by atoms with Crippen LogP contribution >= 0.6 is 0 Å². The molecule has 5 heteroatoms. The van der Waals surface area contributed by atoms with Crippen molar-refractivity contribution in [3.8, 4) is 5.75 Å². The van der Waals surface area contributed by atoms with Gasteiger partial charge in [0, 0.05) is 17.8 Å². The molecule has 0 saturated heterocycles. The molecule has 4 fully saturated rings. The van der Waals surface area contributed by atoms with Crippen molar-refractivity contribution in [2.75, 3.05) is 0 Å². The van der Waals surface area contributed by atoms with Crippen LogP contribution in [0.5, 0.6) is 5.75 Å². The molecular weight excluding hydrogens is 354 g/mol. The van der Waals surface area contributed by atoms with Crippen LogP contribution < -0.4 is 15.2 Å². The lowest BCUT2D eigenvalue weighted by atomic mass is 9.49.